The lowest BCUT2D eigenvalue weighted by Gasteiger charge is -2.35. The van der Waals surface area contributed by atoms with E-state index >= 15 is 0 Å². The number of carbonyl (C=O) groups is 2. The molecule has 8 nitrogen and oxygen atoms in total. The molecule has 0 saturated carbocycles. The van der Waals surface area contributed by atoms with E-state index in [1.807, 2.05) is 39.8 Å². The predicted molar refractivity (Wildman–Crippen MR) is 151 cm³/mol. The Labute approximate surface area is 233 Å². The molecule has 2 fully saturated rings. The third kappa shape index (κ3) is 5.77. The Bertz CT molecular complexity index is 1310. The number of ether oxygens (including phenoxy) is 1. The lowest BCUT2D eigenvalue weighted by Crippen LogP contribution is -2.52. The number of halogens is 1. The van der Waals surface area contributed by atoms with Gasteiger partial charge in [0.25, 0.3) is 5.91 Å². The normalized spacial score (nSPS) is 22.8. The molecule has 2 aromatic rings. The standard InChI is InChI=1S/C28H36BrN3O5S/c1-17-11-18(2)16-31(15-17)38(35,36)25-14-21(8-9-24(25)37-5)27(33)30-23-7-6-10-32(28(23)34)26-19(3)12-22(29)13-20(26)4/h8-9,12-14,17-18,23H,6-7,10-11,15-16H2,1-5H3,(H,30,33). The molecule has 2 amide bonds. The first kappa shape index (κ1) is 28.6. The molecule has 3 unspecified atom stereocenters. The minimum Gasteiger partial charge on any atom is -0.495 e. The van der Waals surface area contributed by atoms with Crippen molar-refractivity contribution < 1.29 is 22.7 Å². The van der Waals surface area contributed by atoms with Gasteiger partial charge in [0, 0.05) is 35.4 Å². The van der Waals surface area contributed by atoms with E-state index in [2.05, 4.69) is 21.2 Å². The van der Waals surface area contributed by atoms with E-state index in [1.165, 1.54) is 29.6 Å². The zero-order chi connectivity index (χ0) is 27.8. The van der Waals surface area contributed by atoms with Gasteiger partial charge in [-0.1, -0.05) is 29.8 Å². The smallest absolute Gasteiger partial charge is 0.251 e. The minimum atomic E-state index is -3.88. The number of amides is 2. The van der Waals surface area contributed by atoms with Crippen molar-refractivity contribution >= 4 is 43.5 Å². The fraction of sp³-hybridized carbons (Fsp3) is 0.500. The maximum atomic E-state index is 13.6. The number of aryl methyl sites for hydroxylation is 2. The highest BCUT2D eigenvalue weighted by atomic mass is 79.9. The van der Waals surface area contributed by atoms with Gasteiger partial charge in [0.1, 0.15) is 16.7 Å². The number of nitrogens with zero attached hydrogens (tertiary/aromatic N) is 2. The first-order valence-electron chi connectivity index (χ1n) is 13.0. The van der Waals surface area contributed by atoms with Crippen LogP contribution in [0.4, 0.5) is 5.69 Å². The average Bonchev–Trinajstić information content (AvgIpc) is 2.84. The van der Waals surface area contributed by atoms with E-state index in [0.29, 0.717) is 26.1 Å². The number of hydrogen-bond acceptors (Lipinski definition) is 5. The second-order valence-corrected chi connectivity index (χ2v) is 13.5. The molecule has 2 aliphatic rings. The summed E-state index contributed by atoms with van der Waals surface area (Å²) in [5.74, 6) is 0.00626. The molecule has 0 bridgehead atoms. The largest absolute Gasteiger partial charge is 0.495 e. The molecular formula is C28H36BrN3O5S. The average molecular weight is 607 g/mol. The van der Waals surface area contributed by atoms with Crippen molar-refractivity contribution in [1.82, 2.24) is 9.62 Å². The lowest BCUT2D eigenvalue weighted by atomic mass is 9.94. The number of rotatable bonds is 6. The quantitative estimate of drug-likeness (QED) is 0.516. The molecule has 0 radical (unpaired) electrons. The van der Waals surface area contributed by atoms with Gasteiger partial charge >= 0.3 is 0 Å². The maximum Gasteiger partial charge on any atom is 0.251 e. The fourth-order valence-electron chi connectivity index (χ4n) is 5.76. The highest BCUT2D eigenvalue weighted by Gasteiger charge is 2.35. The van der Waals surface area contributed by atoms with Crippen molar-refractivity contribution in [3.8, 4) is 5.75 Å². The Morgan fingerprint density at radius 3 is 2.32 bits per heavy atom. The highest BCUT2D eigenvalue weighted by molar-refractivity contribution is 9.10. The van der Waals surface area contributed by atoms with Gasteiger partial charge in [0.2, 0.25) is 15.9 Å². The fourth-order valence-corrected chi connectivity index (χ4v) is 8.31. The molecule has 2 aromatic carbocycles. The second-order valence-electron chi connectivity index (χ2n) is 10.7. The van der Waals surface area contributed by atoms with E-state index in [1.54, 1.807) is 4.90 Å². The van der Waals surface area contributed by atoms with Crippen LogP contribution >= 0.6 is 15.9 Å². The number of anilines is 1. The Morgan fingerprint density at radius 2 is 1.71 bits per heavy atom. The van der Waals surface area contributed by atoms with Crippen molar-refractivity contribution in [2.75, 3.05) is 31.6 Å². The summed E-state index contributed by atoms with van der Waals surface area (Å²) in [5.41, 5.74) is 2.98. The Kier molecular flexibility index (Phi) is 8.54. The third-order valence-electron chi connectivity index (χ3n) is 7.35. The zero-order valence-electron chi connectivity index (χ0n) is 22.6. The van der Waals surface area contributed by atoms with Crippen LogP contribution in [0.5, 0.6) is 5.75 Å². The summed E-state index contributed by atoms with van der Waals surface area (Å²) >= 11 is 3.50. The van der Waals surface area contributed by atoms with Gasteiger partial charge in [0.15, 0.2) is 0 Å². The van der Waals surface area contributed by atoms with Crippen molar-refractivity contribution in [2.24, 2.45) is 11.8 Å². The van der Waals surface area contributed by atoms with E-state index < -0.39 is 22.0 Å². The van der Waals surface area contributed by atoms with Crippen LogP contribution in [-0.4, -0.2) is 57.3 Å². The maximum absolute atomic E-state index is 13.6. The Morgan fingerprint density at radius 1 is 1.08 bits per heavy atom. The molecular weight excluding hydrogens is 570 g/mol. The van der Waals surface area contributed by atoms with Gasteiger partial charge in [0.05, 0.1) is 7.11 Å². The predicted octanol–water partition coefficient (Wildman–Crippen LogP) is 4.67. The number of sulfonamides is 1. The summed E-state index contributed by atoms with van der Waals surface area (Å²) in [7, 11) is -2.47. The van der Waals surface area contributed by atoms with Gasteiger partial charge in [-0.25, -0.2) is 8.42 Å². The molecule has 206 valence electrons. The lowest BCUT2D eigenvalue weighted by molar-refractivity contribution is -0.121. The van der Waals surface area contributed by atoms with Gasteiger partial charge < -0.3 is 15.0 Å². The van der Waals surface area contributed by atoms with E-state index in [0.717, 1.165) is 34.1 Å². The number of benzene rings is 2. The summed E-state index contributed by atoms with van der Waals surface area (Å²) in [4.78, 5) is 28.5. The summed E-state index contributed by atoms with van der Waals surface area (Å²) in [6, 6.07) is 7.64. The molecule has 0 aromatic heterocycles. The van der Waals surface area contributed by atoms with Crippen LogP contribution in [0.15, 0.2) is 39.7 Å². The number of piperidine rings is 2. The Hall–Kier alpha value is -2.43. The zero-order valence-corrected chi connectivity index (χ0v) is 25.0. The summed E-state index contributed by atoms with van der Waals surface area (Å²) in [6.07, 6.45) is 2.22. The van der Waals surface area contributed by atoms with Gasteiger partial charge in [-0.05, 0) is 86.4 Å². The second kappa shape index (κ2) is 11.4. The molecule has 2 saturated heterocycles. The van der Waals surface area contributed by atoms with Crippen LogP contribution in [-0.2, 0) is 14.8 Å². The van der Waals surface area contributed by atoms with Crippen LogP contribution in [0.3, 0.4) is 0 Å². The summed E-state index contributed by atoms with van der Waals surface area (Å²) < 4.78 is 35.0. The third-order valence-corrected chi connectivity index (χ3v) is 9.66. The van der Waals surface area contributed by atoms with Crippen molar-refractivity contribution in [3.05, 3.63) is 51.5 Å². The number of hydrogen-bond donors (Lipinski definition) is 1. The van der Waals surface area contributed by atoms with Crippen LogP contribution in [0.25, 0.3) is 0 Å². The first-order chi connectivity index (χ1) is 17.9. The van der Waals surface area contributed by atoms with Gasteiger partial charge in [-0.2, -0.15) is 4.31 Å². The van der Waals surface area contributed by atoms with Gasteiger partial charge in [-0.15, -0.1) is 0 Å². The number of nitrogens with one attached hydrogen (secondary N) is 1. The van der Waals surface area contributed by atoms with Crippen LogP contribution in [0, 0.1) is 25.7 Å². The van der Waals surface area contributed by atoms with Crippen molar-refractivity contribution in [1.29, 1.82) is 0 Å². The summed E-state index contributed by atoms with van der Waals surface area (Å²) in [5, 5.41) is 2.86. The van der Waals surface area contributed by atoms with E-state index in [9.17, 15) is 18.0 Å². The highest BCUT2D eigenvalue weighted by Crippen LogP contribution is 2.33. The molecule has 4 rings (SSSR count). The topological polar surface area (TPSA) is 96.0 Å². The summed E-state index contributed by atoms with van der Waals surface area (Å²) in [6.45, 7) is 9.44. The molecule has 10 heteroatoms. The van der Waals surface area contributed by atoms with Crippen molar-refractivity contribution in [2.45, 2.75) is 57.9 Å². The molecule has 38 heavy (non-hydrogen) atoms. The number of methoxy groups -OCH3 is 1. The van der Waals surface area contributed by atoms with Crippen LogP contribution in [0.2, 0.25) is 0 Å². The molecule has 2 aliphatic heterocycles. The molecule has 0 aliphatic carbocycles. The molecule has 0 spiro atoms. The van der Waals surface area contributed by atoms with Crippen LogP contribution in [0.1, 0.15) is 54.6 Å². The van der Waals surface area contributed by atoms with E-state index in [-0.39, 0.29) is 34.0 Å². The molecule has 1 N–H and O–H groups in total. The monoisotopic (exact) mass is 605 g/mol. The van der Waals surface area contributed by atoms with Crippen molar-refractivity contribution in [3.63, 3.8) is 0 Å². The SMILES string of the molecule is COc1ccc(C(=O)NC2CCCN(c3c(C)cc(Br)cc3C)C2=O)cc1S(=O)(=O)N1CC(C)CC(C)C1. The first-order valence-corrected chi connectivity index (χ1v) is 15.2. The number of carbonyl (C=O) groups excluding carboxylic acids is 2. The minimum absolute atomic E-state index is 0.0355. The van der Waals surface area contributed by atoms with E-state index in [4.69, 9.17) is 4.74 Å². The van der Waals surface area contributed by atoms with Crippen LogP contribution < -0.4 is 15.0 Å². The Balaban J connectivity index is 1.58. The van der Waals surface area contributed by atoms with Gasteiger partial charge in [-0.3, -0.25) is 9.59 Å². The molecule has 2 heterocycles. The molecule has 3 atom stereocenters.